The molecule has 1 aromatic carbocycles. The molecule has 4 heteroatoms. The fraction of sp³-hybridized carbons (Fsp3) is 0.429. The van der Waals surface area contributed by atoms with Gasteiger partial charge in [0.1, 0.15) is 5.78 Å². The fourth-order valence-electron chi connectivity index (χ4n) is 2.29. The van der Waals surface area contributed by atoms with Gasteiger partial charge in [-0.3, -0.25) is 9.59 Å². The number of aliphatic hydroxyl groups is 1. The Morgan fingerprint density at radius 1 is 1.39 bits per heavy atom. The second-order valence-corrected chi connectivity index (χ2v) is 5.17. The van der Waals surface area contributed by atoms with E-state index in [4.69, 9.17) is 0 Å². The van der Waals surface area contributed by atoms with Gasteiger partial charge >= 0.3 is 0 Å². The molecular formula is C14H17NO3. The highest BCUT2D eigenvalue weighted by Gasteiger charge is 2.46. The van der Waals surface area contributed by atoms with E-state index in [9.17, 15) is 14.7 Å². The van der Waals surface area contributed by atoms with Crippen molar-refractivity contribution < 1.29 is 14.7 Å². The maximum Gasteiger partial charge on any atom is 0.261 e. The van der Waals surface area contributed by atoms with Crippen molar-refractivity contribution in [2.45, 2.75) is 32.3 Å². The van der Waals surface area contributed by atoms with Crippen LogP contribution in [0.1, 0.15) is 32.3 Å². The lowest BCUT2D eigenvalue weighted by molar-refractivity contribution is -0.140. The first-order valence-corrected chi connectivity index (χ1v) is 6.08. The Labute approximate surface area is 106 Å². The molecule has 18 heavy (non-hydrogen) atoms. The van der Waals surface area contributed by atoms with Crippen LogP contribution in [0.25, 0.3) is 0 Å². The van der Waals surface area contributed by atoms with Crippen molar-refractivity contribution in [1.29, 1.82) is 0 Å². The number of fused-ring (bicyclic) bond motifs is 1. The summed E-state index contributed by atoms with van der Waals surface area (Å²) in [5.74, 6) is -0.388. The van der Waals surface area contributed by atoms with Crippen LogP contribution in [-0.4, -0.2) is 16.8 Å². The molecule has 96 valence electrons. The van der Waals surface area contributed by atoms with E-state index in [1.807, 2.05) is 13.8 Å². The van der Waals surface area contributed by atoms with Gasteiger partial charge in [-0.25, -0.2) is 0 Å². The van der Waals surface area contributed by atoms with Crippen molar-refractivity contribution in [2.24, 2.45) is 5.92 Å². The van der Waals surface area contributed by atoms with Crippen LogP contribution in [0.4, 0.5) is 5.69 Å². The second kappa shape index (κ2) is 4.53. The highest BCUT2D eigenvalue weighted by Crippen LogP contribution is 2.38. The number of hydrogen-bond acceptors (Lipinski definition) is 3. The van der Waals surface area contributed by atoms with Crippen molar-refractivity contribution in [3.63, 3.8) is 0 Å². The Bertz CT molecular complexity index is 496. The Morgan fingerprint density at radius 3 is 2.72 bits per heavy atom. The van der Waals surface area contributed by atoms with E-state index in [0.29, 0.717) is 17.7 Å². The molecule has 0 aromatic heterocycles. The van der Waals surface area contributed by atoms with Crippen LogP contribution in [-0.2, 0) is 15.2 Å². The van der Waals surface area contributed by atoms with Gasteiger partial charge in [-0.05, 0) is 12.0 Å². The first-order valence-electron chi connectivity index (χ1n) is 6.08. The number of hydrogen-bond donors (Lipinski definition) is 2. The van der Waals surface area contributed by atoms with Gasteiger partial charge in [-0.1, -0.05) is 32.0 Å². The summed E-state index contributed by atoms with van der Waals surface area (Å²) in [6.45, 7) is 3.87. The Balaban J connectivity index is 2.25. The Hall–Kier alpha value is -1.68. The topological polar surface area (TPSA) is 66.4 Å². The first-order chi connectivity index (χ1) is 8.43. The van der Waals surface area contributed by atoms with Gasteiger partial charge in [0.2, 0.25) is 0 Å². The summed E-state index contributed by atoms with van der Waals surface area (Å²) in [6, 6.07) is 6.92. The minimum absolute atomic E-state index is 0.0978. The van der Waals surface area contributed by atoms with Crippen molar-refractivity contribution >= 4 is 17.4 Å². The smallest absolute Gasteiger partial charge is 0.261 e. The quantitative estimate of drug-likeness (QED) is 0.853. The lowest BCUT2D eigenvalue weighted by Gasteiger charge is -2.20. The minimum Gasteiger partial charge on any atom is -0.375 e. The molecule has 0 bridgehead atoms. The van der Waals surface area contributed by atoms with Gasteiger partial charge < -0.3 is 10.4 Å². The molecule has 0 aliphatic carbocycles. The normalized spacial score (nSPS) is 21.9. The molecule has 0 fully saturated rings. The summed E-state index contributed by atoms with van der Waals surface area (Å²) in [6.07, 6.45) is 0.214. The molecule has 0 saturated carbocycles. The fourth-order valence-corrected chi connectivity index (χ4v) is 2.29. The summed E-state index contributed by atoms with van der Waals surface area (Å²) < 4.78 is 0. The molecule has 1 amide bonds. The monoisotopic (exact) mass is 247 g/mol. The first kappa shape index (κ1) is 12.8. The minimum atomic E-state index is -1.71. The van der Waals surface area contributed by atoms with E-state index < -0.39 is 11.5 Å². The molecule has 0 unspecified atom stereocenters. The number of carbonyl (C=O) groups excluding carboxylic acids is 2. The molecular weight excluding hydrogens is 230 g/mol. The Morgan fingerprint density at radius 2 is 2.06 bits per heavy atom. The van der Waals surface area contributed by atoms with Crippen molar-refractivity contribution in [3.8, 4) is 0 Å². The predicted molar refractivity (Wildman–Crippen MR) is 68.0 cm³/mol. The van der Waals surface area contributed by atoms with E-state index in [0.717, 1.165) is 0 Å². The molecule has 1 heterocycles. The highest BCUT2D eigenvalue weighted by molar-refractivity contribution is 6.07. The number of Topliss-reactive ketones (excluding diaryl/α,β-unsaturated/α-hetero) is 1. The molecule has 0 spiro atoms. The zero-order valence-corrected chi connectivity index (χ0v) is 10.6. The summed E-state index contributed by atoms with van der Waals surface area (Å²) >= 11 is 0. The van der Waals surface area contributed by atoms with E-state index in [1.54, 1.807) is 24.3 Å². The standard InChI is InChI=1S/C14H17NO3/c1-9(2)7-10(16)8-14(18)11-5-3-4-6-12(11)15-13(14)17/h3-6,9,18H,7-8H2,1-2H3,(H,15,17)/t14-/m0/s1. The van der Waals surface area contributed by atoms with Crippen molar-refractivity contribution in [3.05, 3.63) is 29.8 Å². The van der Waals surface area contributed by atoms with Crippen LogP contribution in [0, 0.1) is 5.92 Å². The van der Waals surface area contributed by atoms with Gasteiger partial charge in [0, 0.05) is 24.1 Å². The molecule has 1 atom stereocenters. The van der Waals surface area contributed by atoms with Crippen LogP contribution in [0.15, 0.2) is 24.3 Å². The van der Waals surface area contributed by atoms with E-state index in [1.165, 1.54) is 0 Å². The third-order valence-corrected chi connectivity index (χ3v) is 3.09. The molecule has 1 aliphatic rings. The molecule has 0 saturated heterocycles. The number of para-hydroxylation sites is 1. The molecule has 2 N–H and O–H groups in total. The molecule has 1 aliphatic heterocycles. The lowest BCUT2D eigenvalue weighted by Crippen LogP contribution is -2.36. The number of rotatable bonds is 4. The maximum atomic E-state index is 11.9. The van der Waals surface area contributed by atoms with E-state index in [2.05, 4.69) is 5.32 Å². The van der Waals surface area contributed by atoms with Gasteiger partial charge in [0.05, 0.1) is 0 Å². The van der Waals surface area contributed by atoms with Gasteiger partial charge in [0.15, 0.2) is 5.60 Å². The summed E-state index contributed by atoms with van der Waals surface area (Å²) in [5, 5.41) is 13.1. The lowest BCUT2D eigenvalue weighted by atomic mass is 9.88. The van der Waals surface area contributed by atoms with Crippen LogP contribution in [0.5, 0.6) is 0 Å². The van der Waals surface area contributed by atoms with Gasteiger partial charge in [0.25, 0.3) is 5.91 Å². The van der Waals surface area contributed by atoms with Crippen LogP contribution in [0.3, 0.4) is 0 Å². The number of benzene rings is 1. The van der Waals surface area contributed by atoms with Gasteiger partial charge in [-0.2, -0.15) is 0 Å². The Kier molecular flexibility index (Phi) is 3.22. The number of anilines is 1. The number of carbonyl (C=O) groups is 2. The van der Waals surface area contributed by atoms with E-state index in [-0.39, 0.29) is 18.1 Å². The third-order valence-electron chi connectivity index (χ3n) is 3.09. The maximum absolute atomic E-state index is 11.9. The van der Waals surface area contributed by atoms with Crippen molar-refractivity contribution in [1.82, 2.24) is 0 Å². The van der Waals surface area contributed by atoms with E-state index >= 15 is 0 Å². The number of nitrogens with one attached hydrogen (secondary N) is 1. The molecule has 4 nitrogen and oxygen atoms in total. The number of ketones is 1. The van der Waals surface area contributed by atoms with Gasteiger partial charge in [-0.15, -0.1) is 0 Å². The summed E-state index contributed by atoms with van der Waals surface area (Å²) in [5.41, 5.74) is -0.628. The molecule has 0 radical (unpaired) electrons. The summed E-state index contributed by atoms with van der Waals surface area (Å²) in [4.78, 5) is 23.7. The third kappa shape index (κ3) is 2.16. The average Bonchev–Trinajstić information content (AvgIpc) is 2.50. The van der Waals surface area contributed by atoms with Crippen molar-refractivity contribution in [2.75, 3.05) is 5.32 Å². The zero-order chi connectivity index (χ0) is 13.3. The molecule has 2 rings (SSSR count). The predicted octanol–water partition coefficient (Wildman–Crippen LogP) is 1.83. The highest BCUT2D eigenvalue weighted by atomic mass is 16.3. The number of amides is 1. The zero-order valence-electron chi connectivity index (χ0n) is 10.6. The van der Waals surface area contributed by atoms with Crippen LogP contribution >= 0.6 is 0 Å². The largest absolute Gasteiger partial charge is 0.375 e. The summed E-state index contributed by atoms with van der Waals surface area (Å²) in [7, 11) is 0. The van der Waals surface area contributed by atoms with Crippen LogP contribution in [0.2, 0.25) is 0 Å². The molecule has 1 aromatic rings. The average molecular weight is 247 g/mol. The van der Waals surface area contributed by atoms with Crippen LogP contribution < -0.4 is 5.32 Å². The SMILES string of the molecule is CC(C)CC(=O)C[C@@]1(O)C(=O)Nc2ccccc21. The second-order valence-electron chi connectivity index (χ2n) is 5.17.